The lowest BCUT2D eigenvalue weighted by Crippen LogP contribution is -2.32. The van der Waals surface area contributed by atoms with Crippen LogP contribution in [0.5, 0.6) is 0 Å². The summed E-state index contributed by atoms with van der Waals surface area (Å²) >= 11 is 0. The molecule has 1 N–H and O–H groups in total. The molecule has 0 amide bonds. The van der Waals surface area contributed by atoms with Gasteiger partial charge in [-0.3, -0.25) is 4.79 Å². The first-order valence-electron chi connectivity index (χ1n) is 6.56. The molecule has 1 atom stereocenters. The monoisotopic (exact) mass is 251 g/mol. The summed E-state index contributed by atoms with van der Waals surface area (Å²) < 4.78 is 1.71. The van der Waals surface area contributed by atoms with Gasteiger partial charge in [-0.15, -0.1) is 0 Å². The van der Waals surface area contributed by atoms with Crippen LogP contribution in [0, 0.1) is 5.92 Å². The fraction of sp³-hybridized carbons (Fsp3) is 0.692. The molecule has 0 aromatic carbocycles. The summed E-state index contributed by atoms with van der Waals surface area (Å²) in [6.07, 6.45) is 5.26. The third-order valence-electron chi connectivity index (χ3n) is 3.53. The number of anilines is 1. The van der Waals surface area contributed by atoms with Crippen LogP contribution in [0.25, 0.3) is 0 Å². The summed E-state index contributed by atoms with van der Waals surface area (Å²) in [5.41, 5.74) is -0.0165. The van der Waals surface area contributed by atoms with Crippen LogP contribution in [0.3, 0.4) is 0 Å². The zero-order valence-corrected chi connectivity index (χ0v) is 11.0. The number of hydrogen-bond donors (Lipinski definition) is 1. The Morgan fingerprint density at radius 1 is 1.56 bits per heavy atom. The van der Waals surface area contributed by atoms with Crippen molar-refractivity contribution >= 4 is 5.82 Å². The Morgan fingerprint density at radius 3 is 3.00 bits per heavy atom. The molecule has 100 valence electrons. The minimum Gasteiger partial charge on any atom is -0.396 e. The molecule has 1 aliphatic rings. The van der Waals surface area contributed by atoms with Crippen molar-refractivity contribution in [1.82, 2.24) is 9.55 Å². The zero-order chi connectivity index (χ0) is 13.1. The largest absolute Gasteiger partial charge is 0.396 e. The highest BCUT2D eigenvalue weighted by Gasteiger charge is 2.25. The Labute approximate surface area is 107 Å². The first kappa shape index (κ1) is 13.1. The smallest absolute Gasteiger partial charge is 0.293 e. The number of aliphatic hydroxyl groups is 1. The predicted molar refractivity (Wildman–Crippen MR) is 70.9 cm³/mol. The highest BCUT2D eigenvalue weighted by atomic mass is 16.3. The minimum atomic E-state index is -0.0165. The van der Waals surface area contributed by atoms with E-state index >= 15 is 0 Å². The molecule has 1 fully saturated rings. The lowest BCUT2D eigenvalue weighted by molar-refractivity contribution is 0.263. The van der Waals surface area contributed by atoms with Gasteiger partial charge < -0.3 is 14.6 Å². The van der Waals surface area contributed by atoms with Gasteiger partial charge in [-0.1, -0.05) is 0 Å². The molecule has 1 aromatic heterocycles. The summed E-state index contributed by atoms with van der Waals surface area (Å²) in [6, 6.07) is 0.148. The zero-order valence-electron chi connectivity index (χ0n) is 11.0. The SMILES string of the molecule is CC(C)n1ccnc(N2CCC(CCO)C2)c1=O. The molecule has 1 saturated heterocycles. The van der Waals surface area contributed by atoms with Crippen LogP contribution in [0.15, 0.2) is 17.2 Å². The van der Waals surface area contributed by atoms with Gasteiger partial charge in [-0.2, -0.15) is 0 Å². The van der Waals surface area contributed by atoms with Crippen LogP contribution < -0.4 is 10.5 Å². The van der Waals surface area contributed by atoms with Gasteiger partial charge in [-0.05, 0) is 32.6 Å². The van der Waals surface area contributed by atoms with Crippen LogP contribution in [0.1, 0.15) is 32.7 Å². The normalized spacial score (nSPS) is 19.8. The molecule has 0 saturated carbocycles. The van der Waals surface area contributed by atoms with Gasteiger partial charge in [0, 0.05) is 38.1 Å². The maximum absolute atomic E-state index is 12.3. The van der Waals surface area contributed by atoms with Crippen molar-refractivity contribution in [3.8, 4) is 0 Å². The summed E-state index contributed by atoms with van der Waals surface area (Å²) in [4.78, 5) is 18.5. The molecule has 18 heavy (non-hydrogen) atoms. The minimum absolute atomic E-state index is 0.0165. The van der Waals surface area contributed by atoms with Crippen LogP contribution >= 0.6 is 0 Å². The molecule has 0 spiro atoms. The van der Waals surface area contributed by atoms with Gasteiger partial charge in [0.2, 0.25) is 0 Å². The molecule has 2 rings (SSSR count). The van der Waals surface area contributed by atoms with E-state index in [0.717, 1.165) is 25.9 Å². The Bertz CT molecular complexity index is 456. The van der Waals surface area contributed by atoms with Gasteiger partial charge >= 0.3 is 0 Å². The molecular weight excluding hydrogens is 230 g/mol. The van der Waals surface area contributed by atoms with Gasteiger partial charge in [0.1, 0.15) is 0 Å². The Hall–Kier alpha value is -1.36. The molecule has 1 aliphatic heterocycles. The van der Waals surface area contributed by atoms with E-state index in [-0.39, 0.29) is 18.2 Å². The van der Waals surface area contributed by atoms with Crippen molar-refractivity contribution in [1.29, 1.82) is 0 Å². The maximum Gasteiger partial charge on any atom is 0.293 e. The molecule has 1 aromatic rings. The molecule has 0 bridgehead atoms. The van der Waals surface area contributed by atoms with E-state index < -0.39 is 0 Å². The number of rotatable bonds is 4. The third kappa shape index (κ3) is 2.56. The van der Waals surface area contributed by atoms with E-state index in [1.54, 1.807) is 17.0 Å². The Morgan fingerprint density at radius 2 is 2.33 bits per heavy atom. The first-order chi connectivity index (χ1) is 8.63. The van der Waals surface area contributed by atoms with E-state index in [9.17, 15) is 4.79 Å². The highest BCUT2D eigenvalue weighted by molar-refractivity contribution is 5.37. The van der Waals surface area contributed by atoms with Gasteiger partial charge in [0.15, 0.2) is 5.82 Å². The van der Waals surface area contributed by atoms with Gasteiger partial charge in [0.25, 0.3) is 5.56 Å². The second-order valence-corrected chi connectivity index (χ2v) is 5.17. The second kappa shape index (κ2) is 5.52. The average molecular weight is 251 g/mol. The maximum atomic E-state index is 12.3. The number of aliphatic hydroxyl groups excluding tert-OH is 1. The van der Waals surface area contributed by atoms with Gasteiger partial charge in [0.05, 0.1) is 0 Å². The predicted octanol–water partition coefficient (Wildman–Crippen LogP) is 1.03. The van der Waals surface area contributed by atoms with Gasteiger partial charge in [-0.25, -0.2) is 4.98 Å². The van der Waals surface area contributed by atoms with Crippen LogP contribution in [0.2, 0.25) is 0 Å². The van der Waals surface area contributed by atoms with E-state index in [4.69, 9.17) is 5.11 Å². The lowest BCUT2D eigenvalue weighted by Gasteiger charge is -2.18. The average Bonchev–Trinajstić information content (AvgIpc) is 2.78. The third-order valence-corrected chi connectivity index (χ3v) is 3.53. The molecule has 5 nitrogen and oxygen atoms in total. The number of nitrogens with zero attached hydrogens (tertiary/aromatic N) is 3. The second-order valence-electron chi connectivity index (χ2n) is 5.17. The van der Waals surface area contributed by atoms with Crippen LogP contribution in [-0.4, -0.2) is 34.4 Å². The summed E-state index contributed by atoms with van der Waals surface area (Å²) in [6.45, 7) is 5.88. The standard InChI is InChI=1S/C13H21N3O2/c1-10(2)16-7-5-14-12(13(16)18)15-6-3-11(9-15)4-8-17/h5,7,10-11,17H,3-4,6,8-9H2,1-2H3. The van der Waals surface area contributed by atoms with E-state index in [1.807, 2.05) is 18.7 Å². The lowest BCUT2D eigenvalue weighted by atomic mass is 10.1. The number of hydrogen-bond acceptors (Lipinski definition) is 4. The molecule has 2 heterocycles. The summed E-state index contributed by atoms with van der Waals surface area (Å²) in [5.74, 6) is 1.02. The van der Waals surface area contributed by atoms with Crippen molar-refractivity contribution < 1.29 is 5.11 Å². The van der Waals surface area contributed by atoms with Crippen molar-refractivity contribution in [2.75, 3.05) is 24.6 Å². The van der Waals surface area contributed by atoms with E-state index in [0.29, 0.717) is 11.7 Å². The van der Waals surface area contributed by atoms with Crippen LogP contribution in [-0.2, 0) is 0 Å². The Kier molecular flexibility index (Phi) is 4.01. The van der Waals surface area contributed by atoms with Crippen molar-refractivity contribution in [2.24, 2.45) is 5.92 Å². The molecule has 0 radical (unpaired) electrons. The molecule has 1 unspecified atom stereocenters. The highest BCUT2D eigenvalue weighted by Crippen LogP contribution is 2.22. The Balaban J connectivity index is 2.20. The van der Waals surface area contributed by atoms with E-state index in [1.165, 1.54) is 0 Å². The topological polar surface area (TPSA) is 58.4 Å². The summed E-state index contributed by atoms with van der Waals surface area (Å²) in [7, 11) is 0. The van der Waals surface area contributed by atoms with Crippen molar-refractivity contribution in [3.05, 3.63) is 22.7 Å². The van der Waals surface area contributed by atoms with E-state index in [2.05, 4.69) is 4.98 Å². The quantitative estimate of drug-likeness (QED) is 0.868. The molecule has 5 heteroatoms. The van der Waals surface area contributed by atoms with Crippen molar-refractivity contribution in [2.45, 2.75) is 32.7 Å². The molecular formula is C13H21N3O2. The summed E-state index contributed by atoms with van der Waals surface area (Å²) in [5, 5.41) is 8.95. The van der Waals surface area contributed by atoms with Crippen molar-refractivity contribution in [3.63, 3.8) is 0 Å². The molecule has 0 aliphatic carbocycles. The fourth-order valence-electron chi connectivity index (χ4n) is 2.48. The number of aromatic nitrogens is 2. The van der Waals surface area contributed by atoms with Crippen LogP contribution in [0.4, 0.5) is 5.82 Å². The first-order valence-corrected chi connectivity index (χ1v) is 6.56. The fourth-order valence-corrected chi connectivity index (χ4v) is 2.48.